The van der Waals surface area contributed by atoms with Gasteiger partial charge in [-0.2, -0.15) is 0 Å². The lowest BCUT2D eigenvalue weighted by Gasteiger charge is -2.26. The molecule has 2 atom stereocenters. The Morgan fingerprint density at radius 1 is 1.31 bits per heavy atom. The van der Waals surface area contributed by atoms with Crippen molar-refractivity contribution < 1.29 is 6.22 Å². The van der Waals surface area contributed by atoms with Gasteiger partial charge in [-0.15, -0.1) is 0 Å². The summed E-state index contributed by atoms with van der Waals surface area (Å²) >= 11 is 0. The normalized spacial score (nSPS) is 23.1. The molecule has 1 fully saturated rings. The summed E-state index contributed by atoms with van der Waals surface area (Å²) in [5.74, 6) is 0.907. The van der Waals surface area contributed by atoms with Crippen molar-refractivity contribution in [2.75, 3.05) is 0 Å². The van der Waals surface area contributed by atoms with Gasteiger partial charge in [0.15, 0.2) is 0 Å². The second kappa shape index (κ2) is 12.5. The number of carbonyl (C=O) groups excluding carboxylic acids is 1. The summed E-state index contributed by atoms with van der Waals surface area (Å²) in [6.07, 6.45) is 6.19. The number of nitrogens with one attached hydrogen (secondary N) is 1. The van der Waals surface area contributed by atoms with Crippen molar-refractivity contribution in [3.8, 4) is 0 Å². The number of amides is 1. The van der Waals surface area contributed by atoms with E-state index < -0.39 is 0 Å². The fraction of sp³-hybridized carbons (Fsp3) is 0.929. The van der Waals surface area contributed by atoms with E-state index in [1.165, 1.54) is 32.1 Å². The predicted molar refractivity (Wildman–Crippen MR) is 74.7 cm³/mol. The third kappa shape index (κ3) is 11.5. The van der Waals surface area contributed by atoms with Crippen LogP contribution in [0.4, 0.5) is 0 Å². The van der Waals surface area contributed by atoms with E-state index in [2.05, 4.69) is 26.1 Å². The van der Waals surface area contributed by atoms with E-state index >= 15 is 0 Å². The fourth-order valence-corrected chi connectivity index (χ4v) is 1.85. The fourth-order valence-electron chi connectivity index (χ4n) is 1.85. The first-order chi connectivity index (χ1) is 7.60. The van der Waals surface area contributed by atoms with Gasteiger partial charge in [0.05, 0.1) is 0 Å². The molecule has 1 saturated carbocycles. The van der Waals surface area contributed by atoms with E-state index in [1.807, 2.05) is 13.8 Å². The van der Waals surface area contributed by atoms with Crippen LogP contribution in [0.25, 0.3) is 0 Å². The van der Waals surface area contributed by atoms with Gasteiger partial charge in [0.25, 0.3) is 0 Å². The second-order valence-corrected chi connectivity index (χ2v) is 4.38. The molecule has 0 aromatic rings. The molecule has 0 heterocycles. The monoisotopic (exact) mass is 231 g/mol. The maximum Gasteiger partial charge on any atom is 0.217 e. The van der Waals surface area contributed by atoms with Crippen LogP contribution in [-0.2, 0) is 4.79 Å². The average molecular weight is 231 g/mol. The van der Waals surface area contributed by atoms with Gasteiger partial charge >= 0.3 is 0 Å². The molecule has 0 aromatic carbocycles. The summed E-state index contributed by atoms with van der Waals surface area (Å²) in [6.45, 7) is 12.1. The van der Waals surface area contributed by atoms with Crippen LogP contribution in [0.1, 0.15) is 75.1 Å². The molecule has 1 aliphatic rings. The maximum absolute atomic E-state index is 10.7. The molecule has 1 N–H and O–H groups in total. The molecule has 1 rings (SSSR count). The Balaban J connectivity index is -0.000000286. The van der Waals surface area contributed by atoms with Gasteiger partial charge in [0, 0.05) is 14.4 Å². The van der Waals surface area contributed by atoms with Crippen LogP contribution >= 0.6 is 0 Å². The Labute approximate surface area is 104 Å². The Morgan fingerprint density at radius 2 is 1.81 bits per heavy atom. The molecule has 1 aliphatic carbocycles. The van der Waals surface area contributed by atoms with Crippen molar-refractivity contribution >= 4 is 5.91 Å². The largest absolute Gasteiger partial charge is 0.354 e. The van der Waals surface area contributed by atoms with Gasteiger partial charge in [0.2, 0.25) is 5.91 Å². The second-order valence-electron chi connectivity index (χ2n) is 4.38. The Kier molecular flexibility index (Phi) is 14.0. The molecule has 16 heavy (non-hydrogen) atoms. The van der Waals surface area contributed by atoms with E-state index in [1.54, 1.807) is 6.92 Å². The lowest BCUT2D eigenvalue weighted by atomic mass is 9.87. The van der Waals surface area contributed by atoms with E-state index in [0.29, 0.717) is 6.04 Å². The first kappa shape index (κ1) is 17.9. The van der Waals surface area contributed by atoms with E-state index in [-0.39, 0.29) is 7.33 Å². The van der Waals surface area contributed by atoms with Gasteiger partial charge in [-0.05, 0) is 18.8 Å². The third-order valence-corrected chi connectivity index (χ3v) is 2.34. The van der Waals surface area contributed by atoms with Crippen LogP contribution in [0.3, 0.4) is 0 Å². The zero-order chi connectivity index (χ0) is 13.0. The van der Waals surface area contributed by atoms with Gasteiger partial charge in [-0.3, -0.25) is 4.79 Å². The van der Waals surface area contributed by atoms with E-state index in [4.69, 9.17) is 0 Å². The molecule has 0 bridgehead atoms. The Morgan fingerprint density at radius 3 is 2.19 bits per heavy atom. The molecule has 0 spiro atoms. The molecule has 2 nitrogen and oxygen atoms in total. The SMILES string of the molecule is CC.CC(=O)N[C@@H]1CCC[C@@H](C)C1.CCC.[HH]. The van der Waals surface area contributed by atoms with Crippen molar-refractivity contribution in [2.45, 2.75) is 79.7 Å². The Hall–Kier alpha value is -0.530. The van der Waals surface area contributed by atoms with Crippen molar-refractivity contribution in [1.29, 1.82) is 0 Å². The summed E-state index contributed by atoms with van der Waals surface area (Å²) in [7, 11) is 0. The van der Waals surface area contributed by atoms with Crippen LogP contribution in [-0.4, -0.2) is 11.9 Å². The van der Waals surface area contributed by atoms with Gasteiger partial charge in [0.1, 0.15) is 0 Å². The minimum Gasteiger partial charge on any atom is -0.354 e. The quantitative estimate of drug-likeness (QED) is 0.712. The molecular weight excluding hydrogens is 198 g/mol. The number of rotatable bonds is 1. The minimum absolute atomic E-state index is 0. The van der Waals surface area contributed by atoms with Crippen molar-refractivity contribution in [2.24, 2.45) is 5.92 Å². The van der Waals surface area contributed by atoms with Crippen molar-refractivity contribution in [3.63, 3.8) is 0 Å². The summed E-state index contributed by atoms with van der Waals surface area (Å²) in [5.41, 5.74) is 0. The topological polar surface area (TPSA) is 29.1 Å². The number of carbonyl (C=O) groups is 1. The van der Waals surface area contributed by atoms with Crippen LogP contribution in [0, 0.1) is 5.92 Å². The highest BCUT2D eigenvalue weighted by molar-refractivity contribution is 5.73. The summed E-state index contributed by atoms with van der Waals surface area (Å²) < 4.78 is 0. The first-order valence-corrected chi connectivity index (χ1v) is 6.87. The average Bonchev–Trinajstić information content (AvgIpc) is 2.21. The molecule has 0 radical (unpaired) electrons. The molecule has 100 valence electrons. The summed E-state index contributed by atoms with van der Waals surface area (Å²) in [4.78, 5) is 10.7. The van der Waals surface area contributed by atoms with Gasteiger partial charge < -0.3 is 5.32 Å². The highest BCUT2D eigenvalue weighted by Gasteiger charge is 2.18. The highest BCUT2D eigenvalue weighted by Crippen LogP contribution is 2.23. The minimum atomic E-state index is 0. The molecular formula is C14H33NO. The molecule has 1 amide bonds. The molecule has 0 aliphatic heterocycles. The molecule has 0 saturated heterocycles. The van der Waals surface area contributed by atoms with Crippen molar-refractivity contribution in [1.82, 2.24) is 5.32 Å². The zero-order valence-corrected chi connectivity index (χ0v) is 12.1. The lowest BCUT2D eigenvalue weighted by molar-refractivity contribution is -0.119. The third-order valence-electron chi connectivity index (χ3n) is 2.34. The molecule has 0 unspecified atom stereocenters. The Bertz CT molecular complexity index is 162. The van der Waals surface area contributed by atoms with Crippen LogP contribution in [0.2, 0.25) is 0 Å². The van der Waals surface area contributed by atoms with Crippen molar-refractivity contribution in [3.05, 3.63) is 0 Å². The highest BCUT2D eigenvalue weighted by atomic mass is 16.1. The predicted octanol–water partition coefficient (Wildman–Crippen LogP) is 4.39. The van der Waals surface area contributed by atoms with Crippen LogP contribution < -0.4 is 5.32 Å². The van der Waals surface area contributed by atoms with Gasteiger partial charge in [-0.25, -0.2) is 0 Å². The zero-order valence-electron chi connectivity index (χ0n) is 12.1. The summed E-state index contributed by atoms with van der Waals surface area (Å²) in [6, 6.07) is 0.455. The smallest absolute Gasteiger partial charge is 0.217 e. The lowest BCUT2D eigenvalue weighted by Crippen LogP contribution is -2.36. The summed E-state index contributed by atoms with van der Waals surface area (Å²) in [5, 5.41) is 2.97. The van der Waals surface area contributed by atoms with Crippen LogP contribution in [0.5, 0.6) is 0 Å². The first-order valence-electron chi connectivity index (χ1n) is 6.87. The van der Waals surface area contributed by atoms with E-state index in [0.717, 1.165) is 5.92 Å². The van der Waals surface area contributed by atoms with Crippen LogP contribution in [0.15, 0.2) is 0 Å². The van der Waals surface area contributed by atoms with Gasteiger partial charge in [-0.1, -0.05) is 53.9 Å². The number of hydrogen-bond donors (Lipinski definition) is 1. The molecule has 0 aromatic heterocycles. The maximum atomic E-state index is 10.7. The molecule has 2 heteroatoms. The van der Waals surface area contributed by atoms with E-state index in [9.17, 15) is 4.79 Å². The standard InChI is InChI=1S/C9H17NO.C3H8.C2H6.H2/c1-7-4-3-5-9(6-7)10-8(2)11;1-3-2;1-2;/h7,9H,3-6H2,1-2H3,(H,10,11);3H2,1-2H3;1-2H3;1H/t7-,9-;;;/m1.../s1. The number of hydrogen-bond acceptors (Lipinski definition) is 1.